The molecule has 0 radical (unpaired) electrons. The number of benzene rings is 2. The van der Waals surface area contributed by atoms with Crippen LogP contribution in [0.1, 0.15) is 32.9 Å². The first-order valence-corrected chi connectivity index (χ1v) is 9.96. The summed E-state index contributed by atoms with van der Waals surface area (Å²) in [5, 5.41) is 7.16. The fourth-order valence-corrected chi connectivity index (χ4v) is 3.41. The summed E-state index contributed by atoms with van der Waals surface area (Å²) < 4.78 is 18.6. The standard InChI is InChI=1S/C22H19FN2O4S/c1-29-19-9-7-16(24-21(27)10-8-18(26)20-6-3-11-30-20)13-17(19)25-22(28)14-4-2-5-15(23)12-14/h2-7,9,11-13H,8,10H2,1H3,(H,24,27)(H,25,28). The average Bonchev–Trinajstić information content (AvgIpc) is 3.27. The average molecular weight is 426 g/mol. The van der Waals surface area contributed by atoms with Gasteiger partial charge in [0, 0.05) is 24.1 Å². The highest BCUT2D eigenvalue weighted by molar-refractivity contribution is 7.12. The van der Waals surface area contributed by atoms with Crippen LogP contribution in [0.2, 0.25) is 0 Å². The van der Waals surface area contributed by atoms with Crippen LogP contribution in [-0.4, -0.2) is 24.7 Å². The number of amides is 2. The van der Waals surface area contributed by atoms with Crippen molar-refractivity contribution in [1.29, 1.82) is 0 Å². The Hall–Kier alpha value is -3.52. The van der Waals surface area contributed by atoms with Crippen LogP contribution in [0.4, 0.5) is 15.8 Å². The molecule has 0 saturated heterocycles. The molecule has 0 bridgehead atoms. The highest BCUT2D eigenvalue weighted by Gasteiger charge is 2.14. The molecule has 0 saturated carbocycles. The van der Waals surface area contributed by atoms with Crippen LogP contribution in [-0.2, 0) is 4.79 Å². The van der Waals surface area contributed by atoms with Gasteiger partial charge in [0.1, 0.15) is 11.6 Å². The van der Waals surface area contributed by atoms with E-state index in [0.717, 1.165) is 6.07 Å². The Bertz CT molecular complexity index is 1070. The molecule has 3 rings (SSSR count). The number of methoxy groups -OCH3 is 1. The number of ketones is 1. The summed E-state index contributed by atoms with van der Waals surface area (Å²) in [5.41, 5.74) is 0.900. The minimum atomic E-state index is -0.521. The lowest BCUT2D eigenvalue weighted by atomic mass is 10.1. The zero-order chi connectivity index (χ0) is 21.5. The second-order valence-electron chi connectivity index (χ2n) is 6.33. The van der Waals surface area contributed by atoms with E-state index in [9.17, 15) is 18.8 Å². The van der Waals surface area contributed by atoms with Gasteiger partial charge in [-0.15, -0.1) is 11.3 Å². The highest BCUT2D eigenvalue weighted by Crippen LogP contribution is 2.28. The van der Waals surface area contributed by atoms with Crippen molar-refractivity contribution >= 4 is 40.3 Å². The largest absolute Gasteiger partial charge is 0.495 e. The zero-order valence-electron chi connectivity index (χ0n) is 16.1. The summed E-state index contributed by atoms with van der Waals surface area (Å²) in [6.07, 6.45) is 0.138. The fourth-order valence-electron chi connectivity index (χ4n) is 2.72. The van der Waals surface area contributed by atoms with Crippen molar-refractivity contribution in [3.63, 3.8) is 0 Å². The van der Waals surface area contributed by atoms with E-state index in [-0.39, 0.29) is 30.1 Å². The van der Waals surface area contributed by atoms with Gasteiger partial charge in [-0.1, -0.05) is 12.1 Å². The van der Waals surface area contributed by atoms with E-state index in [1.54, 1.807) is 24.3 Å². The molecule has 2 aromatic carbocycles. The molecule has 8 heteroatoms. The van der Waals surface area contributed by atoms with E-state index in [4.69, 9.17) is 4.74 Å². The Morgan fingerprint density at radius 1 is 1.00 bits per heavy atom. The molecule has 2 amide bonds. The normalized spacial score (nSPS) is 10.3. The van der Waals surface area contributed by atoms with Crippen LogP contribution in [0.25, 0.3) is 0 Å². The Morgan fingerprint density at radius 3 is 2.53 bits per heavy atom. The predicted molar refractivity (Wildman–Crippen MR) is 114 cm³/mol. The van der Waals surface area contributed by atoms with Gasteiger partial charge >= 0.3 is 0 Å². The van der Waals surface area contributed by atoms with Crippen molar-refractivity contribution in [3.8, 4) is 5.75 Å². The molecule has 0 aliphatic carbocycles. The SMILES string of the molecule is COc1ccc(NC(=O)CCC(=O)c2cccs2)cc1NC(=O)c1cccc(F)c1. The van der Waals surface area contributed by atoms with Crippen molar-refractivity contribution in [2.45, 2.75) is 12.8 Å². The number of hydrogen-bond donors (Lipinski definition) is 2. The number of rotatable bonds is 8. The van der Waals surface area contributed by atoms with E-state index in [0.29, 0.717) is 22.0 Å². The number of carbonyl (C=O) groups excluding carboxylic acids is 3. The van der Waals surface area contributed by atoms with Crippen LogP contribution in [0.3, 0.4) is 0 Å². The predicted octanol–water partition coefficient (Wildman–Crippen LogP) is 4.75. The first-order chi connectivity index (χ1) is 14.5. The van der Waals surface area contributed by atoms with Gasteiger partial charge in [0.25, 0.3) is 5.91 Å². The van der Waals surface area contributed by atoms with Gasteiger partial charge < -0.3 is 15.4 Å². The molecule has 0 aliphatic heterocycles. The molecule has 0 spiro atoms. The van der Waals surface area contributed by atoms with Gasteiger partial charge in [-0.3, -0.25) is 14.4 Å². The number of halogens is 1. The Labute approximate surface area is 176 Å². The van der Waals surface area contributed by atoms with E-state index in [1.807, 2.05) is 5.38 Å². The van der Waals surface area contributed by atoms with Crippen LogP contribution in [0, 0.1) is 5.82 Å². The van der Waals surface area contributed by atoms with Gasteiger partial charge in [0.05, 0.1) is 17.7 Å². The first kappa shape index (κ1) is 21.2. The summed E-state index contributed by atoms with van der Waals surface area (Å²) in [6, 6.07) is 13.6. The third-order valence-electron chi connectivity index (χ3n) is 4.19. The summed E-state index contributed by atoms with van der Waals surface area (Å²) in [5.74, 6) is -1.07. The van der Waals surface area contributed by atoms with Crippen molar-refractivity contribution in [3.05, 3.63) is 76.2 Å². The third-order valence-corrected chi connectivity index (χ3v) is 5.10. The molecular formula is C22H19FN2O4S. The Morgan fingerprint density at radius 2 is 1.83 bits per heavy atom. The summed E-state index contributed by atoms with van der Waals surface area (Å²) in [4.78, 5) is 37.3. The molecule has 30 heavy (non-hydrogen) atoms. The molecule has 2 N–H and O–H groups in total. The van der Waals surface area contributed by atoms with E-state index in [2.05, 4.69) is 10.6 Å². The quantitative estimate of drug-likeness (QED) is 0.509. The molecule has 1 heterocycles. The summed E-state index contributed by atoms with van der Waals surface area (Å²) in [7, 11) is 1.45. The Balaban J connectivity index is 1.65. The molecule has 3 aromatic rings. The highest BCUT2D eigenvalue weighted by atomic mass is 32.1. The van der Waals surface area contributed by atoms with E-state index < -0.39 is 11.7 Å². The van der Waals surface area contributed by atoms with E-state index >= 15 is 0 Å². The van der Waals surface area contributed by atoms with Crippen LogP contribution in [0.15, 0.2) is 60.0 Å². The molecule has 154 valence electrons. The number of carbonyl (C=O) groups is 3. The lowest BCUT2D eigenvalue weighted by molar-refractivity contribution is -0.116. The minimum Gasteiger partial charge on any atom is -0.495 e. The second-order valence-corrected chi connectivity index (χ2v) is 7.28. The number of Topliss-reactive ketones (excluding diaryl/α,β-unsaturated/α-hetero) is 1. The third kappa shape index (κ3) is 5.51. The molecule has 0 fully saturated rings. The lowest BCUT2D eigenvalue weighted by Gasteiger charge is -2.13. The van der Waals surface area contributed by atoms with Gasteiger partial charge in [-0.2, -0.15) is 0 Å². The maximum Gasteiger partial charge on any atom is 0.255 e. The van der Waals surface area contributed by atoms with Crippen LogP contribution in [0.5, 0.6) is 5.75 Å². The molecule has 0 atom stereocenters. The molecule has 0 unspecified atom stereocenters. The molecule has 0 aliphatic rings. The summed E-state index contributed by atoms with van der Waals surface area (Å²) in [6.45, 7) is 0. The van der Waals surface area contributed by atoms with Crippen LogP contribution < -0.4 is 15.4 Å². The monoisotopic (exact) mass is 426 g/mol. The number of thiophene rings is 1. The topological polar surface area (TPSA) is 84.5 Å². The fraction of sp³-hybridized carbons (Fsp3) is 0.136. The van der Waals surface area contributed by atoms with Crippen molar-refractivity contribution in [2.75, 3.05) is 17.7 Å². The first-order valence-electron chi connectivity index (χ1n) is 9.08. The molecule has 1 aromatic heterocycles. The van der Waals surface area contributed by atoms with Crippen molar-refractivity contribution in [2.24, 2.45) is 0 Å². The van der Waals surface area contributed by atoms with Crippen molar-refractivity contribution < 1.29 is 23.5 Å². The van der Waals surface area contributed by atoms with Crippen molar-refractivity contribution in [1.82, 2.24) is 0 Å². The number of nitrogens with one attached hydrogen (secondary N) is 2. The number of hydrogen-bond acceptors (Lipinski definition) is 5. The second kappa shape index (κ2) is 9.80. The molecule has 6 nitrogen and oxygen atoms in total. The van der Waals surface area contributed by atoms with Gasteiger partial charge in [-0.05, 0) is 47.8 Å². The maximum absolute atomic E-state index is 13.4. The summed E-state index contributed by atoms with van der Waals surface area (Å²) >= 11 is 1.34. The van der Waals surface area contributed by atoms with Gasteiger partial charge in [-0.25, -0.2) is 4.39 Å². The Kier molecular flexibility index (Phi) is 6.92. The maximum atomic E-state index is 13.4. The zero-order valence-corrected chi connectivity index (χ0v) is 16.9. The van der Waals surface area contributed by atoms with Crippen LogP contribution >= 0.6 is 11.3 Å². The minimum absolute atomic E-state index is 0.0355. The van der Waals surface area contributed by atoms with Gasteiger partial charge in [0.2, 0.25) is 5.91 Å². The molecular weight excluding hydrogens is 407 g/mol. The number of ether oxygens (including phenoxy) is 1. The van der Waals surface area contributed by atoms with Gasteiger partial charge in [0.15, 0.2) is 5.78 Å². The number of anilines is 2. The lowest BCUT2D eigenvalue weighted by Crippen LogP contribution is -2.15. The van der Waals surface area contributed by atoms with E-state index in [1.165, 1.54) is 42.7 Å². The smallest absolute Gasteiger partial charge is 0.255 e.